The Hall–Kier alpha value is -0.530. The van der Waals surface area contributed by atoms with E-state index in [1.165, 1.54) is 19.3 Å². The van der Waals surface area contributed by atoms with Crippen molar-refractivity contribution in [3.05, 3.63) is 29.3 Å². The topological polar surface area (TPSA) is 38.3 Å². The minimum absolute atomic E-state index is 0. The Morgan fingerprint density at radius 1 is 1.16 bits per heavy atom. The molecule has 2 fully saturated rings. The number of hydrogen-bond acceptors (Lipinski definition) is 2. The number of carbonyl (C=O) groups excluding carboxylic acids is 1. The van der Waals surface area contributed by atoms with Crippen LogP contribution in [0, 0.1) is 23.7 Å². The molecule has 25 heavy (non-hydrogen) atoms. The molecule has 4 atom stereocenters. The van der Waals surface area contributed by atoms with Gasteiger partial charge >= 0.3 is 6.09 Å². The van der Waals surface area contributed by atoms with Gasteiger partial charge in [0, 0.05) is 22.5 Å². The lowest BCUT2D eigenvalue weighted by atomic mass is 9.79. The van der Waals surface area contributed by atoms with E-state index in [-0.39, 0.29) is 30.1 Å². The van der Waals surface area contributed by atoms with Gasteiger partial charge in [-0.15, -0.1) is 0 Å². The van der Waals surface area contributed by atoms with Gasteiger partial charge in [0.1, 0.15) is 0 Å². The molecule has 1 N–H and O–H groups in total. The van der Waals surface area contributed by atoms with Gasteiger partial charge in [-0.1, -0.05) is 11.6 Å². The van der Waals surface area contributed by atoms with Crippen molar-refractivity contribution in [2.45, 2.75) is 19.3 Å². The van der Waals surface area contributed by atoms with Crippen LogP contribution in [0.3, 0.4) is 0 Å². The zero-order valence-corrected chi connectivity index (χ0v) is 18.1. The molecule has 1 amide bonds. The Labute approximate surface area is 172 Å². The number of halogens is 2. The van der Waals surface area contributed by atoms with E-state index in [1.807, 2.05) is 0 Å². The minimum atomic E-state index is -0.371. The van der Waals surface area contributed by atoms with Crippen molar-refractivity contribution in [2.75, 3.05) is 39.6 Å². The molecule has 0 aliphatic heterocycles. The number of hydrogen-bond donors (Lipinski definition) is 1. The van der Waals surface area contributed by atoms with Gasteiger partial charge in [-0.2, -0.15) is 0 Å². The molecule has 3 rings (SSSR count). The highest BCUT2D eigenvalue weighted by molar-refractivity contribution is 6.30. The molecule has 4 nitrogen and oxygen atoms in total. The lowest BCUT2D eigenvalue weighted by Crippen LogP contribution is -3.00. The van der Waals surface area contributed by atoms with Crippen LogP contribution in [0.4, 0.5) is 10.5 Å². The fraction of sp³-hybridized carbons (Fsp3) is 0.632. The molecular formula is C19H28ClIN2O2. The van der Waals surface area contributed by atoms with Gasteiger partial charge in [0.25, 0.3) is 0 Å². The van der Waals surface area contributed by atoms with Gasteiger partial charge in [-0.25, -0.2) is 4.79 Å². The highest BCUT2D eigenvalue weighted by Gasteiger charge is 2.49. The molecule has 140 valence electrons. The second kappa shape index (κ2) is 8.44. The Kier molecular flexibility index (Phi) is 7.01. The third-order valence-corrected chi connectivity index (χ3v) is 5.78. The first-order valence-corrected chi connectivity index (χ1v) is 9.19. The zero-order valence-electron chi connectivity index (χ0n) is 15.2. The van der Waals surface area contributed by atoms with Crippen LogP contribution in [0.25, 0.3) is 0 Å². The van der Waals surface area contributed by atoms with Crippen LogP contribution in [-0.2, 0) is 4.74 Å². The predicted molar refractivity (Wildman–Crippen MR) is 97.1 cm³/mol. The Balaban J connectivity index is 0.00000225. The molecule has 2 bridgehead atoms. The molecule has 0 unspecified atom stereocenters. The first kappa shape index (κ1) is 20.8. The second-order valence-electron chi connectivity index (χ2n) is 8.36. The van der Waals surface area contributed by atoms with E-state index in [0.29, 0.717) is 29.2 Å². The van der Waals surface area contributed by atoms with Crippen molar-refractivity contribution in [3.8, 4) is 0 Å². The van der Waals surface area contributed by atoms with Crippen molar-refractivity contribution in [1.29, 1.82) is 0 Å². The largest absolute Gasteiger partial charge is 1.00 e. The molecule has 2 aliphatic carbocycles. The monoisotopic (exact) mass is 478 g/mol. The number of quaternary nitrogens is 1. The SMILES string of the molecule is C[N+](C)(C)C[C@@H]1[C@H]2CC[C@@H](C2)[C@@H]1COC(=O)Nc1ccc(Cl)cc1.[I-]. The highest BCUT2D eigenvalue weighted by Crippen LogP contribution is 2.52. The molecule has 1 aromatic carbocycles. The highest BCUT2D eigenvalue weighted by atomic mass is 127. The van der Waals surface area contributed by atoms with Gasteiger partial charge in [0.15, 0.2) is 0 Å². The number of rotatable bonds is 5. The second-order valence-corrected chi connectivity index (χ2v) is 8.80. The summed E-state index contributed by atoms with van der Waals surface area (Å²) in [7, 11) is 6.74. The van der Waals surface area contributed by atoms with E-state index in [4.69, 9.17) is 16.3 Å². The predicted octanol–water partition coefficient (Wildman–Crippen LogP) is 1.26. The number of ether oxygens (including phenoxy) is 1. The standard InChI is InChI=1S/C19H27ClN2O2.HI/c1-22(2,3)11-17-13-4-5-14(10-13)18(17)12-24-19(23)21-16-8-6-15(20)7-9-16;/h6-9,13-14,17-18H,4-5,10-12H2,1-3H3;1H/t13-,14-,17+,18-;/m0./s1. The van der Waals surface area contributed by atoms with Crippen LogP contribution in [0.15, 0.2) is 24.3 Å². The number of anilines is 1. The lowest BCUT2D eigenvalue weighted by molar-refractivity contribution is -0.874. The molecule has 0 saturated heterocycles. The summed E-state index contributed by atoms with van der Waals surface area (Å²) >= 11 is 5.85. The maximum atomic E-state index is 12.1. The summed E-state index contributed by atoms with van der Waals surface area (Å²) in [6.07, 6.45) is 3.59. The van der Waals surface area contributed by atoms with E-state index in [1.54, 1.807) is 24.3 Å². The van der Waals surface area contributed by atoms with Crippen molar-refractivity contribution < 1.29 is 38.0 Å². The van der Waals surface area contributed by atoms with Crippen LogP contribution < -0.4 is 29.3 Å². The fourth-order valence-corrected chi connectivity index (χ4v) is 4.69. The lowest BCUT2D eigenvalue weighted by Gasteiger charge is -2.36. The van der Waals surface area contributed by atoms with Gasteiger partial charge in [0.05, 0.1) is 34.3 Å². The average Bonchev–Trinajstić information content (AvgIpc) is 3.08. The summed E-state index contributed by atoms with van der Waals surface area (Å²) in [5.41, 5.74) is 0.709. The third-order valence-electron chi connectivity index (χ3n) is 5.53. The Bertz CT molecular complexity index is 588. The van der Waals surface area contributed by atoms with E-state index in [9.17, 15) is 4.79 Å². The maximum absolute atomic E-state index is 12.1. The molecule has 0 heterocycles. The molecule has 0 spiro atoms. The molecule has 2 saturated carbocycles. The summed E-state index contributed by atoms with van der Waals surface area (Å²) in [4.78, 5) is 12.1. The first-order valence-electron chi connectivity index (χ1n) is 8.81. The van der Waals surface area contributed by atoms with Crippen molar-refractivity contribution in [2.24, 2.45) is 23.7 Å². The van der Waals surface area contributed by atoms with Crippen LogP contribution in [0.5, 0.6) is 0 Å². The minimum Gasteiger partial charge on any atom is -1.00 e. The number of fused-ring (bicyclic) bond motifs is 2. The van der Waals surface area contributed by atoms with Crippen molar-refractivity contribution in [3.63, 3.8) is 0 Å². The first-order chi connectivity index (χ1) is 11.3. The zero-order chi connectivity index (χ0) is 17.3. The summed E-state index contributed by atoms with van der Waals surface area (Å²) in [5, 5.41) is 3.43. The van der Waals surface area contributed by atoms with E-state index < -0.39 is 0 Å². The normalized spacial score (nSPS) is 27.7. The van der Waals surface area contributed by atoms with Crippen LogP contribution in [0.1, 0.15) is 19.3 Å². The van der Waals surface area contributed by atoms with Gasteiger partial charge in [-0.3, -0.25) is 5.32 Å². The number of benzene rings is 1. The van der Waals surface area contributed by atoms with Crippen LogP contribution in [0.2, 0.25) is 5.02 Å². The van der Waals surface area contributed by atoms with Gasteiger partial charge in [0.2, 0.25) is 0 Å². The maximum Gasteiger partial charge on any atom is 0.411 e. The number of nitrogens with zero attached hydrogens (tertiary/aromatic N) is 1. The molecule has 2 aliphatic rings. The summed E-state index contributed by atoms with van der Waals surface area (Å²) in [5.74, 6) is 2.74. The number of amides is 1. The average molecular weight is 479 g/mol. The fourth-order valence-electron chi connectivity index (χ4n) is 4.57. The Morgan fingerprint density at radius 3 is 2.36 bits per heavy atom. The van der Waals surface area contributed by atoms with E-state index >= 15 is 0 Å². The Morgan fingerprint density at radius 2 is 1.76 bits per heavy atom. The van der Waals surface area contributed by atoms with Crippen LogP contribution in [-0.4, -0.2) is 44.9 Å². The molecule has 0 aromatic heterocycles. The molecule has 6 heteroatoms. The van der Waals surface area contributed by atoms with Gasteiger partial charge < -0.3 is 33.2 Å². The van der Waals surface area contributed by atoms with Gasteiger partial charge in [-0.05, 0) is 55.4 Å². The summed E-state index contributed by atoms with van der Waals surface area (Å²) in [6.45, 7) is 1.69. The van der Waals surface area contributed by atoms with Crippen molar-refractivity contribution >= 4 is 23.4 Å². The van der Waals surface area contributed by atoms with E-state index in [2.05, 4.69) is 26.5 Å². The molecule has 0 radical (unpaired) electrons. The third kappa shape index (κ3) is 5.47. The molecule has 1 aromatic rings. The smallest absolute Gasteiger partial charge is 0.411 e. The number of carbonyl (C=O) groups is 1. The molecular weight excluding hydrogens is 451 g/mol. The van der Waals surface area contributed by atoms with Crippen molar-refractivity contribution in [1.82, 2.24) is 0 Å². The number of nitrogens with one attached hydrogen (secondary N) is 1. The van der Waals surface area contributed by atoms with E-state index in [0.717, 1.165) is 22.9 Å². The van der Waals surface area contributed by atoms with Crippen LogP contribution >= 0.6 is 11.6 Å². The summed E-state index contributed by atoms with van der Waals surface area (Å²) in [6, 6.07) is 7.07. The summed E-state index contributed by atoms with van der Waals surface area (Å²) < 4.78 is 6.54. The quantitative estimate of drug-likeness (QED) is 0.511.